The molecule has 2 rings (SSSR count). The van der Waals surface area contributed by atoms with Gasteiger partial charge in [0, 0.05) is 17.3 Å². The van der Waals surface area contributed by atoms with E-state index in [2.05, 4.69) is 4.98 Å². The molecule has 108 valence electrons. The second kappa shape index (κ2) is 7.15. The minimum atomic E-state index is -1.17. The molecule has 0 saturated heterocycles. The van der Waals surface area contributed by atoms with Crippen LogP contribution >= 0.6 is 0 Å². The number of nitrogens with one attached hydrogen (secondary N) is 1. The highest BCUT2D eigenvalue weighted by molar-refractivity contribution is 5.83. The van der Waals surface area contributed by atoms with Gasteiger partial charge >= 0.3 is 11.9 Å². The Morgan fingerprint density at radius 1 is 1.25 bits per heavy atom. The van der Waals surface area contributed by atoms with Crippen molar-refractivity contribution >= 4 is 28.7 Å². The summed E-state index contributed by atoms with van der Waals surface area (Å²) in [4.78, 5) is 22.9. The normalized spacial score (nSPS) is 11.4. The SMILES string of the molecule is N[C@@H](CCC(=O)O)C(=O)O.Nc1cc2ccccc2[nH]1. The molecule has 0 saturated carbocycles. The Kier molecular flexibility index (Phi) is 5.55. The van der Waals surface area contributed by atoms with Crippen molar-refractivity contribution in [2.24, 2.45) is 5.73 Å². The fourth-order valence-electron chi connectivity index (χ4n) is 1.50. The van der Waals surface area contributed by atoms with Crippen LogP contribution in [-0.4, -0.2) is 33.2 Å². The molecule has 0 aliphatic rings. The minimum absolute atomic E-state index is 0.0231. The number of aromatic amines is 1. The molecule has 0 spiro atoms. The molecule has 1 aromatic heterocycles. The Hall–Kier alpha value is -2.54. The van der Waals surface area contributed by atoms with Gasteiger partial charge in [-0.1, -0.05) is 18.2 Å². The van der Waals surface area contributed by atoms with Crippen LogP contribution in [0.3, 0.4) is 0 Å². The van der Waals surface area contributed by atoms with Crippen LogP contribution in [0.2, 0.25) is 0 Å². The number of anilines is 1. The summed E-state index contributed by atoms with van der Waals surface area (Å²) < 4.78 is 0. The van der Waals surface area contributed by atoms with Crippen molar-refractivity contribution in [2.75, 3.05) is 5.73 Å². The highest BCUT2D eigenvalue weighted by Gasteiger charge is 2.12. The van der Waals surface area contributed by atoms with Crippen LogP contribution in [-0.2, 0) is 9.59 Å². The molecule has 20 heavy (non-hydrogen) atoms. The van der Waals surface area contributed by atoms with E-state index in [4.69, 9.17) is 21.7 Å². The van der Waals surface area contributed by atoms with E-state index in [9.17, 15) is 9.59 Å². The molecule has 0 aliphatic heterocycles. The monoisotopic (exact) mass is 279 g/mol. The smallest absolute Gasteiger partial charge is 0.320 e. The largest absolute Gasteiger partial charge is 0.481 e. The van der Waals surface area contributed by atoms with Gasteiger partial charge in [0.05, 0.1) is 0 Å². The number of aromatic nitrogens is 1. The van der Waals surface area contributed by atoms with E-state index in [0.717, 1.165) is 11.3 Å². The summed E-state index contributed by atoms with van der Waals surface area (Å²) in [6.07, 6.45) is -0.224. The van der Waals surface area contributed by atoms with Crippen LogP contribution in [0.25, 0.3) is 10.9 Å². The first-order valence-electron chi connectivity index (χ1n) is 5.93. The van der Waals surface area contributed by atoms with Gasteiger partial charge < -0.3 is 26.7 Å². The van der Waals surface area contributed by atoms with Gasteiger partial charge in [0.25, 0.3) is 0 Å². The lowest BCUT2D eigenvalue weighted by Gasteiger charge is -2.01. The summed E-state index contributed by atoms with van der Waals surface area (Å²) in [7, 11) is 0. The fourth-order valence-corrected chi connectivity index (χ4v) is 1.50. The lowest BCUT2D eigenvalue weighted by atomic mass is 10.2. The van der Waals surface area contributed by atoms with Crippen LogP contribution in [0.5, 0.6) is 0 Å². The van der Waals surface area contributed by atoms with Gasteiger partial charge in [-0.05, 0) is 18.6 Å². The number of aliphatic carboxylic acids is 2. The zero-order chi connectivity index (χ0) is 15.1. The van der Waals surface area contributed by atoms with Gasteiger partial charge in [-0.3, -0.25) is 9.59 Å². The van der Waals surface area contributed by atoms with Crippen molar-refractivity contribution in [2.45, 2.75) is 18.9 Å². The maximum atomic E-state index is 9.99. The second-order valence-electron chi connectivity index (χ2n) is 4.19. The Morgan fingerprint density at radius 3 is 2.45 bits per heavy atom. The third kappa shape index (κ3) is 4.99. The third-order valence-corrected chi connectivity index (χ3v) is 2.54. The van der Waals surface area contributed by atoms with E-state index in [1.165, 1.54) is 5.39 Å². The summed E-state index contributed by atoms with van der Waals surface area (Å²) in [6.45, 7) is 0. The molecule has 0 aliphatic carbocycles. The molecule has 2 aromatic rings. The first-order chi connectivity index (χ1) is 9.40. The number of hydrogen-bond acceptors (Lipinski definition) is 4. The second-order valence-corrected chi connectivity index (χ2v) is 4.19. The lowest BCUT2D eigenvalue weighted by Crippen LogP contribution is -2.30. The molecular weight excluding hydrogens is 262 g/mol. The molecule has 1 atom stereocenters. The van der Waals surface area contributed by atoms with E-state index >= 15 is 0 Å². The number of carboxylic acid groups (broad SMARTS) is 2. The summed E-state index contributed by atoms with van der Waals surface area (Å²) >= 11 is 0. The van der Waals surface area contributed by atoms with Crippen LogP contribution in [0.4, 0.5) is 5.82 Å². The average molecular weight is 279 g/mol. The van der Waals surface area contributed by atoms with Crippen molar-refractivity contribution in [1.29, 1.82) is 0 Å². The molecule has 1 heterocycles. The van der Waals surface area contributed by atoms with E-state index in [1.807, 2.05) is 30.3 Å². The first kappa shape index (κ1) is 15.5. The Balaban J connectivity index is 0.000000200. The minimum Gasteiger partial charge on any atom is -0.481 e. The maximum absolute atomic E-state index is 9.99. The van der Waals surface area contributed by atoms with Gasteiger partial charge in [-0.15, -0.1) is 0 Å². The first-order valence-corrected chi connectivity index (χ1v) is 5.93. The van der Waals surface area contributed by atoms with Crippen molar-refractivity contribution in [1.82, 2.24) is 4.98 Å². The quantitative estimate of drug-likeness (QED) is 0.565. The number of fused-ring (bicyclic) bond motifs is 1. The topological polar surface area (TPSA) is 142 Å². The van der Waals surface area contributed by atoms with E-state index in [0.29, 0.717) is 0 Å². The molecule has 0 unspecified atom stereocenters. The van der Waals surface area contributed by atoms with Crippen molar-refractivity contribution in [3.8, 4) is 0 Å². The van der Waals surface area contributed by atoms with Crippen LogP contribution < -0.4 is 11.5 Å². The van der Waals surface area contributed by atoms with Gasteiger partial charge in [0.2, 0.25) is 0 Å². The number of nitrogens with two attached hydrogens (primary N) is 2. The predicted molar refractivity (Wildman–Crippen MR) is 75.2 cm³/mol. The molecule has 0 bridgehead atoms. The predicted octanol–water partition coefficient (Wildman–Crippen LogP) is 1.01. The Bertz CT molecular complexity index is 561. The zero-order valence-electron chi connectivity index (χ0n) is 10.7. The Morgan fingerprint density at radius 2 is 1.90 bits per heavy atom. The van der Waals surface area contributed by atoms with Crippen LogP contribution in [0.15, 0.2) is 30.3 Å². The summed E-state index contributed by atoms with van der Waals surface area (Å²) in [5, 5.41) is 17.4. The molecular formula is C13H17N3O4. The number of nitrogen functional groups attached to an aromatic ring is 1. The molecule has 1 aromatic carbocycles. The summed E-state index contributed by atoms with van der Waals surface area (Å²) in [5.41, 5.74) is 11.6. The highest BCUT2D eigenvalue weighted by atomic mass is 16.4. The third-order valence-electron chi connectivity index (χ3n) is 2.54. The van der Waals surface area contributed by atoms with Gasteiger partial charge in [0.15, 0.2) is 0 Å². The van der Waals surface area contributed by atoms with Crippen LogP contribution in [0.1, 0.15) is 12.8 Å². The highest BCUT2D eigenvalue weighted by Crippen LogP contribution is 2.14. The molecule has 7 N–H and O–H groups in total. The molecule has 0 radical (unpaired) electrons. The number of rotatable bonds is 4. The number of carboxylic acids is 2. The summed E-state index contributed by atoms with van der Waals surface area (Å²) in [5.74, 6) is -1.47. The number of benzene rings is 1. The number of H-pyrrole nitrogens is 1. The van der Waals surface area contributed by atoms with E-state index < -0.39 is 18.0 Å². The standard InChI is InChI=1S/C8H8N2.C5H9NO4/c9-8-5-6-3-1-2-4-7(6)10-8;6-3(5(9)10)1-2-4(7)8/h1-5,10H,9H2;3H,1-2,6H2,(H,7,8)(H,9,10)/t;3-/m.0/s1. The maximum Gasteiger partial charge on any atom is 0.320 e. The van der Waals surface area contributed by atoms with E-state index in [1.54, 1.807) is 0 Å². The molecule has 7 nitrogen and oxygen atoms in total. The molecule has 7 heteroatoms. The number of para-hydroxylation sites is 1. The Labute approximate surface area is 115 Å². The molecule has 0 fully saturated rings. The van der Waals surface area contributed by atoms with Crippen molar-refractivity contribution < 1.29 is 19.8 Å². The number of hydrogen-bond donors (Lipinski definition) is 5. The zero-order valence-corrected chi connectivity index (χ0v) is 10.7. The summed E-state index contributed by atoms with van der Waals surface area (Å²) in [6, 6.07) is 8.88. The lowest BCUT2D eigenvalue weighted by molar-refractivity contribution is -0.139. The fraction of sp³-hybridized carbons (Fsp3) is 0.231. The van der Waals surface area contributed by atoms with E-state index in [-0.39, 0.29) is 12.8 Å². The van der Waals surface area contributed by atoms with Gasteiger partial charge in [-0.2, -0.15) is 0 Å². The van der Waals surface area contributed by atoms with Crippen molar-refractivity contribution in [3.63, 3.8) is 0 Å². The van der Waals surface area contributed by atoms with Gasteiger partial charge in [0.1, 0.15) is 11.9 Å². The number of carbonyl (C=O) groups is 2. The van der Waals surface area contributed by atoms with Crippen LogP contribution in [0, 0.1) is 0 Å². The average Bonchev–Trinajstić information content (AvgIpc) is 2.76. The van der Waals surface area contributed by atoms with Crippen molar-refractivity contribution in [3.05, 3.63) is 30.3 Å². The van der Waals surface area contributed by atoms with Gasteiger partial charge in [-0.25, -0.2) is 0 Å². The molecule has 0 amide bonds.